The highest BCUT2D eigenvalue weighted by Crippen LogP contribution is 2.35. The van der Waals surface area contributed by atoms with Crippen molar-refractivity contribution in [3.05, 3.63) is 41.0 Å². The van der Waals surface area contributed by atoms with Crippen LogP contribution in [0, 0.1) is 5.92 Å². The van der Waals surface area contributed by atoms with Crippen LogP contribution in [-0.2, 0) is 0 Å². The lowest BCUT2D eigenvalue weighted by atomic mass is 9.84. The Balaban J connectivity index is 2.63. The quantitative estimate of drug-likeness (QED) is 0.700. The smallest absolute Gasteiger partial charge is 0.0719 e. The second-order valence-corrected chi connectivity index (χ2v) is 6.13. The molecule has 1 aromatic heterocycles. The molecule has 2 rings (SSSR count). The summed E-state index contributed by atoms with van der Waals surface area (Å²) in [4.78, 5) is 4.38. The van der Waals surface area contributed by atoms with Gasteiger partial charge in [-0.2, -0.15) is 0 Å². The van der Waals surface area contributed by atoms with Crippen molar-refractivity contribution < 1.29 is 0 Å². The Morgan fingerprint density at radius 3 is 2.44 bits per heavy atom. The molecule has 0 amide bonds. The van der Waals surface area contributed by atoms with Gasteiger partial charge in [0.05, 0.1) is 5.52 Å². The summed E-state index contributed by atoms with van der Waals surface area (Å²) >= 11 is 12.4. The number of halogens is 2. The molecular formula is C15H17Cl2N. The third-order valence-electron chi connectivity index (χ3n) is 3.31. The fourth-order valence-electron chi connectivity index (χ4n) is 2.57. The molecule has 96 valence electrons. The summed E-state index contributed by atoms with van der Waals surface area (Å²) in [5.74, 6) is 0.803. The second-order valence-electron chi connectivity index (χ2n) is 5.01. The summed E-state index contributed by atoms with van der Waals surface area (Å²) in [6, 6.07) is 7.91. The van der Waals surface area contributed by atoms with Gasteiger partial charge in [0, 0.05) is 27.9 Å². The number of benzene rings is 1. The second kappa shape index (κ2) is 5.46. The molecule has 0 spiro atoms. The summed E-state index contributed by atoms with van der Waals surface area (Å²) in [6.07, 6.45) is 1.84. The highest BCUT2D eigenvalue weighted by molar-refractivity contribution is 6.31. The van der Waals surface area contributed by atoms with E-state index in [0.717, 1.165) is 10.9 Å². The van der Waals surface area contributed by atoms with E-state index in [9.17, 15) is 0 Å². The molecule has 0 aliphatic carbocycles. The fourth-order valence-corrected chi connectivity index (χ4v) is 3.16. The molecule has 0 aliphatic heterocycles. The third kappa shape index (κ3) is 2.62. The fraction of sp³-hybridized carbons (Fsp3) is 0.400. The molecule has 3 heteroatoms. The number of rotatable bonds is 3. The van der Waals surface area contributed by atoms with E-state index in [1.54, 1.807) is 0 Å². The Bertz CT molecular complexity index is 541. The minimum atomic E-state index is 0.0891. The molecule has 2 unspecified atom stereocenters. The molecule has 0 N–H and O–H groups in total. The van der Waals surface area contributed by atoms with Gasteiger partial charge in [-0.05, 0) is 36.6 Å². The molecule has 0 radical (unpaired) electrons. The Labute approximate surface area is 118 Å². The van der Waals surface area contributed by atoms with Crippen LogP contribution in [0.3, 0.4) is 0 Å². The van der Waals surface area contributed by atoms with Crippen molar-refractivity contribution in [2.75, 3.05) is 0 Å². The lowest BCUT2D eigenvalue weighted by Gasteiger charge is -2.25. The van der Waals surface area contributed by atoms with Crippen LogP contribution < -0.4 is 0 Å². The Morgan fingerprint density at radius 2 is 1.83 bits per heavy atom. The maximum Gasteiger partial charge on any atom is 0.0719 e. The van der Waals surface area contributed by atoms with E-state index in [4.69, 9.17) is 23.2 Å². The Kier molecular flexibility index (Phi) is 4.14. The highest BCUT2D eigenvalue weighted by Gasteiger charge is 2.23. The van der Waals surface area contributed by atoms with Gasteiger partial charge in [0.2, 0.25) is 0 Å². The van der Waals surface area contributed by atoms with Crippen LogP contribution in [0.15, 0.2) is 30.5 Å². The van der Waals surface area contributed by atoms with E-state index in [1.807, 2.05) is 24.4 Å². The van der Waals surface area contributed by atoms with Crippen LogP contribution in [0.25, 0.3) is 10.9 Å². The Morgan fingerprint density at radius 1 is 1.11 bits per heavy atom. The summed E-state index contributed by atoms with van der Waals surface area (Å²) in [7, 11) is 0. The normalized spacial score (nSPS) is 15.0. The SMILES string of the molecule is CC(C)C(c1ccnc2cc(Cl)ccc12)C(C)Cl. The van der Waals surface area contributed by atoms with Crippen molar-refractivity contribution in [3.8, 4) is 0 Å². The number of pyridine rings is 1. The molecular weight excluding hydrogens is 265 g/mol. The van der Waals surface area contributed by atoms with Gasteiger partial charge in [0.15, 0.2) is 0 Å². The Hall–Kier alpha value is -0.790. The van der Waals surface area contributed by atoms with E-state index in [1.165, 1.54) is 5.56 Å². The molecule has 1 heterocycles. The first kappa shape index (κ1) is 13.6. The predicted molar refractivity (Wildman–Crippen MR) is 79.6 cm³/mol. The van der Waals surface area contributed by atoms with Crippen LogP contribution in [-0.4, -0.2) is 10.4 Å². The first-order chi connectivity index (χ1) is 8.50. The first-order valence-electron chi connectivity index (χ1n) is 6.19. The zero-order valence-corrected chi connectivity index (χ0v) is 12.3. The number of alkyl halides is 1. The van der Waals surface area contributed by atoms with Gasteiger partial charge < -0.3 is 0 Å². The van der Waals surface area contributed by atoms with Crippen LogP contribution in [0.2, 0.25) is 5.02 Å². The summed E-state index contributed by atoms with van der Waals surface area (Å²) in [5, 5.41) is 1.95. The molecule has 1 aromatic carbocycles. The third-order valence-corrected chi connectivity index (χ3v) is 3.82. The van der Waals surface area contributed by atoms with Crippen molar-refractivity contribution >= 4 is 34.1 Å². The van der Waals surface area contributed by atoms with Gasteiger partial charge in [-0.1, -0.05) is 31.5 Å². The molecule has 0 saturated carbocycles. The van der Waals surface area contributed by atoms with E-state index in [0.29, 0.717) is 16.9 Å². The van der Waals surface area contributed by atoms with Gasteiger partial charge in [-0.3, -0.25) is 4.98 Å². The van der Waals surface area contributed by atoms with Gasteiger partial charge >= 0.3 is 0 Å². The van der Waals surface area contributed by atoms with Gasteiger partial charge in [-0.25, -0.2) is 0 Å². The van der Waals surface area contributed by atoms with E-state index < -0.39 is 0 Å². The average Bonchev–Trinajstić information content (AvgIpc) is 2.27. The van der Waals surface area contributed by atoms with Crippen LogP contribution in [0.1, 0.15) is 32.3 Å². The van der Waals surface area contributed by atoms with Gasteiger partial charge in [0.1, 0.15) is 0 Å². The summed E-state index contributed by atoms with van der Waals surface area (Å²) in [6.45, 7) is 6.45. The predicted octanol–water partition coefficient (Wildman–Crippen LogP) is 5.26. The standard InChI is InChI=1S/C15H17Cl2N/c1-9(2)15(10(3)16)13-6-7-18-14-8-11(17)4-5-12(13)14/h4-10,15H,1-3H3. The van der Waals surface area contributed by atoms with Crippen molar-refractivity contribution in [2.45, 2.75) is 32.1 Å². The number of hydrogen-bond donors (Lipinski definition) is 0. The molecule has 2 aromatic rings. The molecule has 0 saturated heterocycles. The number of nitrogens with zero attached hydrogens (tertiary/aromatic N) is 1. The molecule has 18 heavy (non-hydrogen) atoms. The van der Waals surface area contributed by atoms with Crippen molar-refractivity contribution in [1.82, 2.24) is 4.98 Å². The maximum atomic E-state index is 6.36. The zero-order chi connectivity index (χ0) is 13.3. The van der Waals surface area contributed by atoms with Crippen molar-refractivity contribution in [3.63, 3.8) is 0 Å². The monoisotopic (exact) mass is 281 g/mol. The molecule has 1 nitrogen and oxygen atoms in total. The number of hydrogen-bond acceptors (Lipinski definition) is 1. The first-order valence-corrected chi connectivity index (χ1v) is 7.00. The lowest BCUT2D eigenvalue weighted by molar-refractivity contribution is 0.493. The average molecular weight is 282 g/mol. The topological polar surface area (TPSA) is 12.9 Å². The summed E-state index contributed by atoms with van der Waals surface area (Å²) in [5.41, 5.74) is 2.19. The van der Waals surface area contributed by atoms with Crippen LogP contribution in [0.5, 0.6) is 0 Å². The molecule has 2 atom stereocenters. The lowest BCUT2D eigenvalue weighted by Crippen LogP contribution is -2.16. The van der Waals surface area contributed by atoms with Gasteiger partial charge in [0.25, 0.3) is 0 Å². The molecule has 0 bridgehead atoms. The number of aromatic nitrogens is 1. The van der Waals surface area contributed by atoms with E-state index in [-0.39, 0.29) is 5.38 Å². The summed E-state index contributed by atoms with van der Waals surface area (Å²) < 4.78 is 0. The maximum absolute atomic E-state index is 6.36. The zero-order valence-electron chi connectivity index (χ0n) is 10.8. The van der Waals surface area contributed by atoms with Crippen molar-refractivity contribution in [1.29, 1.82) is 0 Å². The minimum Gasteiger partial charge on any atom is -0.256 e. The number of fused-ring (bicyclic) bond motifs is 1. The van der Waals surface area contributed by atoms with Crippen molar-refractivity contribution in [2.24, 2.45) is 5.92 Å². The van der Waals surface area contributed by atoms with E-state index >= 15 is 0 Å². The molecule has 0 aliphatic rings. The highest BCUT2D eigenvalue weighted by atomic mass is 35.5. The van der Waals surface area contributed by atoms with Crippen LogP contribution in [0.4, 0.5) is 0 Å². The van der Waals surface area contributed by atoms with Crippen LogP contribution >= 0.6 is 23.2 Å². The van der Waals surface area contributed by atoms with Gasteiger partial charge in [-0.15, -0.1) is 11.6 Å². The van der Waals surface area contributed by atoms with E-state index in [2.05, 4.69) is 31.8 Å². The minimum absolute atomic E-state index is 0.0891. The largest absolute Gasteiger partial charge is 0.256 e. The molecule has 0 fully saturated rings.